The van der Waals surface area contributed by atoms with Gasteiger partial charge in [-0.1, -0.05) is 35.8 Å². The molecule has 3 rings (SSSR count). The number of likely N-dealkylation sites (tertiary alicyclic amines) is 1. The number of carbonyl (C=O) groups is 1. The lowest BCUT2D eigenvalue weighted by atomic mass is 10.1. The molecule has 2 heterocycles. The van der Waals surface area contributed by atoms with E-state index in [1.807, 2.05) is 35.2 Å². The second-order valence-corrected chi connectivity index (χ2v) is 6.45. The molecule has 1 aliphatic heterocycles. The molecule has 0 radical (unpaired) electrons. The summed E-state index contributed by atoms with van der Waals surface area (Å²) in [5.74, 6) is 1.04. The first-order valence-electron chi connectivity index (χ1n) is 8.16. The average molecular weight is 333 g/mol. The molecule has 1 fully saturated rings. The van der Waals surface area contributed by atoms with E-state index in [4.69, 9.17) is 16.1 Å². The van der Waals surface area contributed by atoms with Crippen LogP contribution in [0.25, 0.3) is 0 Å². The number of hydrogen-bond donors (Lipinski definition) is 0. The monoisotopic (exact) mass is 332 g/mol. The molecule has 2 aromatic rings. The van der Waals surface area contributed by atoms with Crippen LogP contribution in [-0.4, -0.2) is 22.5 Å². The van der Waals surface area contributed by atoms with Crippen molar-refractivity contribution < 1.29 is 9.32 Å². The van der Waals surface area contributed by atoms with Gasteiger partial charge in [-0.2, -0.15) is 0 Å². The Labute approximate surface area is 141 Å². The summed E-state index contributed by atoms with van der Waals surface area (Å²) in [6, 6.07) is 9.49. The summed E-state index contributed by atoms with van der Waals surface area (Å²) >= 11 is 5.89. The Morgan fingerprint density at radius 3 is 2.91 bits per heavy atom. The Bertz CT molecular complexity index is 666. The van der Waals surface area contributed by atoms with Crippen LogP contribution in [0, 0.1) is 0 Å². The Morgan fingerprint density at radius 2 is 2.17 bits per heavy atom. The number of carbonyl (C=O) groups excluding carboxylic acids is 1. The molecule has 0 aliphatic carbocycles. The van der Waals surface area contributed by atoms with Crippen molar-refractivity contribution >= 4 is 17.5 Å². The van der Waals surface area contributed by atoms with Crippen LogP contribution in [0.15, 0.2) is 34.9 Å². The van der Waals surface area contributed by atoms with Gasteiger partial charge in [0.1, 0.15) is 11.5 Å². The third kappa shape index (κ3) is 3.75. The Morgan fingerprint density at radius 1 is 1.39 bits per heavy atom. The maximum Gasteiger partial charge on any atom is 0.227 e. The Kier molecular flexibility index (Phi) is 5.01. The minimum atomic E-state index is 0.0455. The molecule has 0 saturated carbocycles. The van der Waals surface area contributed by atoms with Gasteiger partial charge in [0.25, 0.3) is 0 Å². The number of rotatable bonds is 5. The molecular formula is C18H21ClN2O2. The van der Waals surface area contributed by atoms with Crippen LogP contribution in [0.3, 0.4) is 0 Å². The van der Waals surface area contributed by atoms with E-state index in [9.17, 15) is 4.79 Å². The van der Waals surface area contributed by atoms with Crippen molar-refractivity contribution in [1.82, 2.24) is 10.1 Å². The van der Waals surface area contributed by atoms with Crippen molar-refractivity contribution in [2.45, 2.75) is 45.1 Å². The molecule has 1 atom stereocenters. The van der Waals surface area contributed by atoms with E-state index in [1.165, 1.54) is 0 Å². The first kappa shape index (κ1) is 16.1. The molecule has 1 saturated heterocycles. The van der Waals surface area contributed by atoms with Crippen molar-refractivity contribution in [2.75, 3.05) is 6.54 Å². The summed E-state index contributed by atoms with van der Waals surface area (Å²) in [7, 11) is 0. The normalized spacial score (nSPS) is 17.7. The predicted molar refractivity (Wildman–Crippen MR) is 89.3 cm³/mol. The summed E-state index contributed by atoms with van der Waals surface area (Å²) in [6.45, 7) is 2.90. The lowest BCUT2D eigenvalue weighted by Crippen LogP contribution is -2.32. The zero-order valence-corrected chi connectivity index (χ0v) is 14.1. The number of halogens is 1. The summed E-state index contributed by atoms with van der Waals surface area (Å²) < 4.78 is 5.37. The van der Waals surface area contributed by atoms with Gasteiger partial charge in [-0.25, -0.2) is 0 Å². The molecule has 5 heteroatoms. The van der Waals surface area contributed by atoms with Crippen LogP contribution in [0.1, 0.15) is 49.2 Å². The molecule has 0 bridgehead atoms. The number of nitrogens with zero attached hydrogens (tertiary/aromatic N) is 2. The summed E-state index contributed by atoms with van der Waals surface area (Å²) in [5.41, 5.74) is 1.87. The standard InChI is InChI=1S/C18H21ClN2O2/c1-2-4-15-12-16(20-23-15)17-5-3-10-21(17)18(22)11-13-6-8-14(19)9-7-13/h6-9,12,17H,2-5,10-11H2,1H3. The van der Waals surface area contributed by atoms with Crippen LogP contribution in [0.4, 0.5) is 0 Å². The fourth-order valence-electron chi connectivity index (χ4n) is 3.10. The number of hydrogen-bond acceptors (Lipinski definition) is 3. The molecule has 0 N–H and O–H groups in total. The second kappa shape index (κ2) is 7.18. The molecule has 0 spiro atoms. The summed E-state index contributed by atoms with van der Waals surface area (Å²) in [5, 5.41) is 4.87. The highest BCUT2D eigenvalue weighted by molar-refractivity contribution is 6.30. The molecule has 23 heavy (non-hydrogen) atoms. The summed E-state index contributed by atoms with van der Waals surface area (Å²) in [4.78, 5) is 14.6. The largest absolute Gasteiger partial charge is 0.361 e. The maximum atomic E-state index is 12.7. The van der Waals surface area contributed by atoms with Gasteiger partial charge in [0.15, 0.2) is 0 Å². The third-order valence-electron chi connectivity index (χ3n) is 4.26. The van der Waals surface area contributed by atoms with Crippen molar-refractivity contribution in [2.24, 2.45) is 0 Å². The van der Waals surface area contributed by atoms with Crippen LogP contribution in [0.2, 0.25) is 5.02 Å². The van der Waals surface area contributed by atoms with Crippen molar-refractivity contribution in [1.29, 1.82) is 0 Å². The van der Waals surface area contributed by atoms with E-state index in [1.54, 1.807) is 0 Å². The molecular weight excluding hydrogens is 312 g/mol. The van der Waals surface area contributed by atoms with Gasteiger partial charge in [0, 0.05) is 24.1 Å². The topological polar surface area (TPSA) is 46.3 Å². The summed E-state index contributed by atoms with van der Waals surface area (Å²) in [6.07, 6.45) is 4.27. The minimum absolute atomic E-state index is 0.0455. The van der Waals surface area contributed by atoms with Gasteiger partial charge in [0.05, 0.1) is 12.5 Å². The zero-order chi connectivity index (χ0) is 16.2. The first-order chi connectivity index (χ1) is 11.2. The Balaban J connectivity index is 1.70. The van der Waals surface area contributed by atoms with Crippen LogP contribution in [-0.2, 0) is 17.6 Å². The van der Waals surface area contributed by atoms with Gasteiger partial charge in [-0.05, 0) is 37.0 Å². The number of aromatic nitrogens is 1. The SMILES string of the molecule is CCCc1cc(C2CCCN2C(=O)Cc2ccc(Cl)cc2)no1. The third-order valence-corrected chi connectivity index (χ3v) is 4.51. The number of amides is 1. The van der Waals surface area contributed by atoms with E-state index >= 15 is 0 Å². The van der Waals surface area contributed by atoms with Gasteiger partial charge in [-0.15, -0.1) is 0 Å². The van der Waals surface area contributed by atoms with E-state index in [-0.39, 0.29) is 11.9 Å². The predicted octanol–water partition coefficient (Wildman–Crippen LogP) is 4.19. The smallest absolute Gasteiger partial charge is 0.227 e. The Hall–Kier alpha value is -1.81. The lowest BCUT2D eigenvalue weighted by Gasteiger charge is -2.23. The van der Waals surface area contributed by atoms with Crippen molar-refractivity contribution in [3.8, 4) is 0 Å². The quantitative estimate of drug-likeness (QED) is 0.824. The van der Waals surface area contributed by atoms with E-state index in [0.717, 1.165) is 49.2 Å². The van der Waals surface area contributed by atoms with E-state index in [0.29, 0.717) is 11.4 Å². The average Bonchev–Trinajstić information content (AvgIpc) is 3.18. The van der Waals surface area contributed by atoms with E-state index < -0.39 is 0 Å². The van der Waals surface area contributed by atoms with Crippen molar-refractivity contribution in [3.05, 3.63) is 52.4 Å². The fraction of sp³-hybridized carbons (Fsp3) is 0.444. The molecule has 1 aliphatic rings. The second-order valence-electron chi connectivity index (χ2n) is 6.02. The van der Waals surface area contributed by atoms with Crippen LogP contribution < -0.4 is 0 Å². The highest BCUT2D eigenvalue weighted by atomic mass is 35.5. The van der Waals surface area contributed by atoms with Crippen LogP contribution in [0.5, 0.6) is 0 Å². The maximum absolute atomic E-state index is 12.7. The zero-order valence-electron chi connectivity index (χ0n) is 13.3. The lowest BCUT2D eigenvalue weighted by molar-refractivity contribution is -0.131. The van der Waals surface area contributed by atoms with Gasteiger partial charge in [-0.3, -0.25) is 4.79 Å². The molecule has 1 unspecified atom stereocenters. The first-order valence-corrected chi connectivity index (χ1v) is 8.54. The molecule has 1 aromatic carbocycles. The molecule has 122 valence electrons. The van der Waals surface area contributed by atoms with Gasteiger partial charge < -0.3 is 9.42 Å². The van der Waals surface area contributed by atoms with Gasteiger partial charge in [0.2, 0.25) is 5.91 Å². The fourth-order valence-corrected chi connectivity index (χ4v) is 3.23. The highest BCUT2D eigenvalue weighted by Gasteiger charge is 2.32. The molecule has 1 aromatic heterocycles. The highest BCUT2D eigenvalue weighted by Crippen LogP contribution is 2.32. The number of benzene rings is 1. The number of aryl methyl sites for hydroxylation is 1. The molecule has 4 nitrogen and oxygen atoms in total. The van der Waals surface area contributed by atoms with Crippen molar-refractivity contribution in [3.63, 3.8) is 0 Å². The molecule has 1 amide bonds. The minimum Gasteiger partial charge on any atom is -0.361 e. The van der Waals surface area contributed by atoms with Gasteiger partial charge >= 0.3 is 0 Å². The van der Waals surface area contributed by atoms with E-state index in [2.05, 4.69) is 12.1 Å². The van der Waals surface area contributed by atoms with Crippen LogP contribution >= 0.6 is 11.6 Å².